The van der Waals surface area contributed by atoms with E-state index in [1.165, 1.54) is 0 Å². The molecule has 0 fully saturated rings. The largest absolute Gasteiger partial charge is 0.463 e. The van der Waals surface area contributed by atoms with Crippen LogP contribution in [0.3, 0.4) is 0 Å². The molecule has 7 nitrogen and oxygen atoms in total. The predicted octanol–water partition coefficient (Wildman–Crippen LogP) is 1.46. The molecule has 0 radical (unpaired) electrons. The van der Waals surface area contributed by atoms with Gasteiger partial charge >= 0.3 is 18.0 Å². The Morgan fingerprint density at radius 1 is 0.727 bits per heavy atom. The average molecular weight is 316 g/mol. The van der Waals surface area contributed by atoms with Crippen molar-refractivity contribution in [3.05, 3.63) is 0 Å². The molecule has 2 atom stereocenters. The topological polar surface area (TPSA) is 93.7 Å². The summed E-state index contributed by atoms with van der Waals surface area (Å²) in [5.74, 6) is -1.58. The normalized spacial score (nSPS) is 13.5. The number of esters is 2. The first-order valence-electron chi connectivity index (χ1n) is 7.56. The van der Waals surface area contributed by atoms with Crippen LogP contribution >= 0.6 is 0 Å². The van der Waals surface area contributed by atoms with Crippen molar-refractivity contribution in [1.29, 1.82) is 0 Å². The molecule has 0 aliphatic rings. The molecule has 2 N–H and O–H groups in total. The molecule has 0 aliphatic heterocycles. The third kappa shape index (κ3) is 9.20. The van der Waals surface area contributed by atoms with Crippen molar-refractivity contribution in [2.24, 2.45) is 11.8 Å². The minimum Gasteiger partial charge on any atom is -0.463 e. The molecule has 0 aliphatic carbocycles. The predicted molar refractivity (Wildman–Crippen MR) is 82.2 cm³/mol. The number of hydrogen-bond donors (Lipinski definition) is 2. The molecule has 0 saturated carbocycles. The van der Waals surface area contributed by atoms with Crippen LogP contribution in [0.1, 0.15) is 41.5 Å². The fourth-order valence-corrected chi connectivity index (χ4v) is 1.42. The van der Waals surface area contributed by atoms with Gasteiger partial charge in [0.25, 0.3) is 0 Å². The van der Waals surface area contributed by atoms with Gasteiger partial charge in [-0.15, -0.1) is 0 Å². The van der Waals surface area contributed by atoms with Gasteiger partial charge in [-0.1, -0.05) is 13.8 Å². The van der Waals surface area contributed by atoms with Gasteiger partial charge in [-0.3, -0.25) is 9.59 Å². The van der Waals surface area contributed by atoms with E-state index in [0.29, 0.717) is 0 Å². The summed E-state index contributed by atoms with van der Waals surface area (Å²) in [6, 6.07) is -0.437. The number of hydrogen-bond acceptors (Lipinski definition) is 5. The summed E-state index contributed by atoms with van der Waals surface area (Å²) in [6.45, 7) is 10.8. The molecule has 0 aromatic rings. The monoisotopic (exact) mass is 316 g/mol. The fourth-order valence-electron chi connectivity index (χ4n) is 1.42. The van der Waals surface area contributed by atoms with E-state index in [9.17, 15) is 14.4 Å². The minimum atomic E-state index is -0.437. The molecular formula is C15H28N2O5. The second kappa shape index (κ2) is 10.0. The van der Waals surface area contributed by atoms with Crippen molar-refractivity contribution in [3.63, 3.8) is 0 Å². The Hall–Kier alpha value is -1.79. The molecule has 0 unspecified atom stereocenters. The Morgan fingerprint density at radius 3 is 1.32 bits per heavy atom. The van der Waals surface area contributed by atoms with Crippen molar-refractivity contribution in [2.75, 3.05) is 13.1 Å². The maximum atomic E-state index is 11.6. The smallest absolute Gasteiger partial charge is 0.314 e. The van der Waals surface area contributed by atoms with Crippen LogP contribution in [0.25, 0.3) is 0 Å². The lowest BCUT2D eigenvalue weighted by atomic mass is 10.2. The lowest BCUT2D eigenvalue weighted by Gasteiger charge is -2.16. The van der Waals surface area contributed by atoms with Gasteiger partial charge in [-0.25, -0.2) is 4.79 Å². The van der Waals surface area contributed by atoms with Crippen molar-refractivity contribution < 1.29 is 23.9 Å². The summed E-state index contributed by atoms with van der Waals surface area (Å²) in [6.07, 6.45) is -0.367. The highest BCUT2D eigenvalue weighted by Crippen LogP contribution is 2.01. The van der Waals surface area contributed by atoms with Crippen LogP contribution in [0.5, 0.6) is 0 Å². The Bertz CT molecular complexity index is 348. The van der Waals surface area contributed by atoms with E-state index in [4.69, 9.17) is 9.47 Å². The van der Waals surface area contributed by atoms with Gasteiger partial charge in [0.05, 0.1) is 24.0 Å². The second-order valence-corrected chi connectivity index (χ2v) is 5.86. The Kier molecular flexibility index (Phi) is 9.21. The number of carbonyl (C=O) groups is 3. The zero-order chi connectivity index (χ0) is 17.3. The standard InChI is InChI=1S/C15H28N2O5/c1-9(2)21-13(18)11(5)7-16-15(20)17-8-12(6)14(19)22-10(3)4/h9-12H,7-8H2,1-6H3,(H2,16,17,20)/t11-,12+. The quantitative estimate of drug-likeness (QED) is 0.661. The third-order valence-corrected chi connectivity index (χ3v) is 2.65. The molecule has 128 valence electrons. The number of nitrogens with one attached hydrogen (secondary N) is 2. The maximum absolute atomic E-state index is 11.6. The van der Waals surface area contributed by atoms with E-state index in [1.54, 1.807) is 41.5 Å². The molecule has 0 heterocycles. The van der Waals surface area contributed by atoms with E-state index >= 15 is 0 Å². The summed E-state index contributed by atoms with van der Waals surface area (Å²) in [5.41, 5.74) is 0. The van der Waals surface area contributed by atoms with E-state index in [0.717, 1.165) is 0 Å². The molecule has 0 aromatic heterocycles. The number of carbonyl (C=O) groups excluding carboxylic acids is 3. The first kappa shape index (κ1) is 20.2. The van der Waals surface area contributed by atoms with Crippen LogP contribution in [-0.2, 0) is 19.1 Å². The summed E-state index contributed by atoms with van der Waals surface area (Å²) in [7, 11) is 0. The number of urea groups is 1. The molecule has 22 heavy (non-hydrogen) atoms. The van der Waals surface area contributed by atoms with Crippen molar-refractivity contribution in [1.82, 2.24) is 10.6 Å². The van der Waals surface area contributed by atoms with Crippen LogP contribution in [0.2, 0.25) is 0 Å². The zero-order valence-corrected chi connectivity index (χ0v) is 14.3. The number of amides is 2. The Labute approximate surface area is 132 Å². The molecular weight excluding hydrogens is 288 g/mol. The van der Waals surface area contributed by atoms with Crippen LogP contribution in [0, 0.1) is 11.8 Å². The summed E-state index contributed by atoms with van der Waals surface area (Å²) in [5, 5.41) is 5.14. The average Bonchev–Trinajstić information content (AvgIpc) is 2.40. The van der Waals surface area contributed by atoms with Gasteiger partial charge in [-0.05, 0) is 27.7 Å². The summed E-state index contributed by atoms with van der Waals surface area (Å²) >= 11 is 0. The number of ether oxygens (including phenoxy) is 2. The van der Waals surface area contributed by atoms with E-state index in [1.807, 2.05) is 0 Å². The lowest BCUT2D eigenvalue weighted by Crippen LogP contribution is -2.42. The molecule has 0 rings (SSSR count). The molecule has 0 saturated heterocycles. The summed E-state index contributed by atoms with van der Waals surface area (Å²) < 4.78 is 10.1. The number of rotatable bonds is 8. The highest BCUT2D eigenvalue weighted by Gasteiger charge is 2.18. The SMILES string of the molecule is CC(C)OC(=O)[C@H](C)CNC(=O)NC[C@H](C)C(=O)OC(C)C. The van der Waals surface area contributed by atoms with Gasteiger partial charge in [0.15, 0.2) is 0 Å². The van der Waals surface area contributed by atoms with E-state index in [-0.39, 0.29) is 37.2 Å². The lowest BCUT2D eigenvalue weighted by molar-refractivity contribution is -0.152. The zero-order valence-electron chi connectivity index (χ0n) is 14.3. The second-order valence-electron chi connectivity index (χ2n) is 5.86. The minimum absolute atomic E-state index is 0.169. The van der Waals surface area contributed by atoms with E-state index in [2.05, 4.69) is 10.6 Å². The molecule has 0 aromatic carbocycles. The van der Waals surface area contributed by atoms with Gasteiger partial charge in [-0.2, -0.15) is 0 Å². The van der Waals surface area contributed by atoms with Crippen LogP contribution in [0.15, 0.2) is 0 Å². The first-order chi connectivity index (χ1) is 10.1. The highest BCUT2D eigenvalue weighted by molar-refractivity contribution is 5.77. The highest BCUT2D eigenvalue weighted by atomic mass is 16.5. The Balaban J connectivity index is 4.00. The molecule has 7 heteroatoms. The molecule has 0 spiro atoms. The third-order valence-electron chi connectivity index (χ3n) is 2.65. The van der Waals surface area contributed by atoms with Crippen LogP contribution in [-0.4, -0.2) is 43.3 Å². The van der Waals surface area contributed by atoms with Crippen molar-refractivity contribution >= 4 is 18.0 Å². The van der Waals surface area contributed by atoms with Crippen LogP contribution < -0.4 is 10.6 Å². The van der Waals surface area contributed by atoms with Crippen molar-refractivity contribution in [2.45, 2.75) is 53.8 Å². The van der Waals surface area contributed by atoms with Gasteiger partial charge in [0.2, 0.25) is 0 Å². The summed E-state index contributed by atoms with van der Waals surface area (Å²) in [4.78, 5) is 34.8. The maximum Gasteiger partial charge on any atom is 0.314 e. The Morgan fingerprint density at radius 2 is 1.05 bits per heavy atom. The van der Waals surface area contributed by atoms with Crippen molar-refractivity contribution in [3.8, 4) is 0 Å². The molecule has 2 amide bonds. The van der Waals surface area contributed by atoms with Gasteiger partial charge < -0.3 is 20.1 Å². The fraction of sp³-hybridized carbons (Fsp3) is 0.800. The van der Waals surface area contributed by atoms with Gasteiger partial charge in [0, 0.05) is 13.1 Å². The first-order valence-corrected chi connectivity index (χ1v) is 7.56. The van der Waals surface area contributed by atoms with Crippen LogP contribution in [0.4, 0.5) is 4.79 Å². The molecule has 0 bridgehead atoms. The van der Waals surface area contributed by atoms with Gasteiger partial charge in [0.1, 0.15) is 0 Å². The van der Waals surface area contributed by atoms with E-state index < -0.39 is 17.9 Å².